The third-order valence-electron chi connectivity index (χ3n) is 1.56. The van der Waals surface area contributed by atoms with Gasteiger partial charge in [-0.15, -0.1) is 0 Å². The van der Waals surface area contributed by atoms with Crippen molar-refractivity contribution in [1.82, 2.24) is 15.0 Å². The predicted octanol–water partition coefficient (Wildman–Crippen LogP) is 1.54. The van der Waals surface area contributed by atoms with Crippen LogP contribution in [0.5, 0.6) is 0 Å². The largest absolute Gasteiger partial charge is 0.327 e. The summed E-state index contributed by atoms with van der Waals surface area (Å²) in [4.78, 5) is 10.1. The van der Waals surface area contributed by atoms with Crippen LogP contribution >= 0.6 is 22.3 Å². The van der Waals surface area contributed by atoms with Gasteiger partial charge in [-0.2, -0.15) is 4.98 Å². The number of H-pyrrole nitrogens is 1. The van der Waals surface area contributed by atoms with Crippen LogP contribution in [0.15, 0.2) is 17.2 Å². The van der Waals surface area contributed by atoms with Crippen molar-refractivity contribution in [2.75, 3.05) is 0 Å². The van der Waals surface area contributed by atoms with E-state index in [9.17, 15) is 8.42 Å². The van der Waals surface area contributed by atoms with E-state index in [2.05, 4.69) is 15.0 Å². The molecule has 2 aromatic heterocycles. The molecule has 2 rings (SSSR count). The molecule has 0 amide bonds. The Kier molecular flexibility index (Phi) is 2.13. The first-order valence-electron chi connectivity index (χ1n) is 3.43. The molecule has 5 nitrogen and oxygen atoms in total. The summed E-state index contributed by atoms with van der Waals surface area (Å²) in [7, 11) is 1.36. The average Bonchev–Trinajstić information content (AvgIpc) is 2.41. The molecule has 14 heavy (non-hydrogen) atoms. The Balaban J connectivity index is 2.74. The van der Waals surface area contributed by atoms with E-state index in [0.29, 0.717) is 11.2 Å². The van der Waals surface area contributed by atoms with Gasteiger partial charge in [0.05, 0.1) is 5.52 Å². The monoisotopic (exact) mass is 251 g/mol. The first-order valence-corrected chi connectivity index (χ1v) is 6.11. The lowest BCUT2D eigenvalue weighted by Crippen LogP contribution is -1.91. The SMILES string of the molecule is O=S(=O)(Cl)c1cnc2nc(Cl)[nH]c2c1. The van der Waals surface area contributed by atoms with Gasteiger partial charge in [0.25, 0.3) is 9.05 Å². The number of halogens is 2. The lowest BCUT2D eigenvalue weighted by molar-refractivity contribution is 0.609. The second kappa shape index (κ2) is 3.08. The molecule has 0 spiro atoms. The van der Waals surface area contributed by atoms with Crippen LogP contribution in [0.4, 0.5) is 0 Å². The molecule has 0 aliphatic heterocycles. The van der Waals surface area contributed by atoms with E-state index < -0.39 is 9.05 Å². The standard InChI is InChI=1S/C6H3Cl2N3O2S/c7-6-10-4-1-3(14(8,12)13)2-9-5(4)11-6/h1-2H,(H,9,10,11). The fourth-order valence-electron chi connectivity index (χ4n) is 0.985. The van der Waals surface area contributed by atoms with Crippen LogP contribution < -0.4 is 0 Å². The molecule has 0 fully saturated rings. The van der Waals surface area contributed by atoms with E-state index in [1.54, 1.807) is 0 Å². The number of aromatic amines is 1. The fourth-order valence-corrected chi connectivity index (χ4v) is 1.86. The van der Waals surface area contributed by atoms with E-state index in [4.69, 9.17) is 22.3 Å². The Labute approximate surface area is 88.5 Å². The minimum atomic E-state index is -3.77. The molecule has 74 valence electrons. The van der Waals surface area contributed by atoms with E-state index in [1.165, 1.54) is 6.07 Å². The van der Waals surface area contributed by atoms with Crippen molar-refractivity contribution in [3.63, 3.8) is 0 Å². The number of imidazole rings is 1. The predicted molar refractivity (Wildman–Crippen MR) is 51.9 cm³/mol. The summed E-state index contributed by atoms with van der Waals surface area (Å²) < 4.78 is 21.9. The number of pyridine rings is 1. The summed E-state index contributed by atoms with van der Waals surface area (Å²) in [5.74, 6) is 0. The van der Waals surface area contributed by atoms with Crippen LogP contribution in [0.2, 0.25) is 5.28 Å². The maximum Gasteiger partial charge on any atom is 0.262 e. The zero-order valence-electron chi connectivity index (χ0n) is 6.53. The lowest BCUT2D eigenvalue weighted by atomic mass is 10.4. The van der Waals surface area contributed by atoms with Crippen molar-refractivity contribution in [1.29, 1.82) is 0 Å². The molecule has 0 atom stereocenters. The summed E-state index contributed by atoms with van der Waals surface area (Å²) in [6.45, 7) is 0. The highest BCUT2D eigenvalue weighted by molar-refractivity contribution is 8.13. The summed E-state index contributed by atoms with van der Waals surface area (Å²) in [6.07, 6.45) is 1.13. The minimum Gasteiger partial charge on any atom is -0.327 e. The Morgan fingerprint density at radius 3 is 2.79 bits per heavy atom. The fraction of sp³-hybridized carbons (Fsp3) is 0. The van der Waals surface area contributed by atoms with Crippen LogP contribution in [0, 0.1) is 0 Å². The first-order chi connectivity index (χ1) is 6.47. The van der Waals surface area contributed by atoms with Gasteiger partial charge in [-0.3, -0.25) is 0 Å². The first kappa shape index (κ1) is 9.70. The Bertz CT molecular complexity index is 592. The van der Waals surface area contributed by atoms with Crippen LogP contribution in [-0.4, -0.2) is 23.4 Å². The van der Waals surface area contributed by atoms with Crippen LogP contribution in [0.1, 0.15) is 0 Å². The number of aromatic nitrogens is 3. The molecular weight excluding hydrogens is 249 g/mol. The Morgan fingerprint density at radius 1 is 1.43 bits per heavy atom. The molecule has 0 aromatic carbocycles. The minimum absolute atomic E-state index is 0.0908. The summed E-state index contributed by atoms with van der Waals surface area (Å²) in [5.41, 5.74) is 0.774. The van der Waals surface area contributed by atoms with Crippen LogP contribution in [-0.2, 0) is 9.05 Å². The van der Waals surface area contributed by atoms with Crippen LogP contribution in [0.3, 0.4) is 0 Å². The third-order valence-corrected chi connectivity index (χ3v) is 3.06. The molecule has 8 heteroatoms. The Hall–Kier alpha value is -0.850. The van der Waals surface area contributed by atoms with Gasteiger partial charge >= 0.3 is 0 Å². The number of nitrogens with zero attached hydrogens (tertiary/aromatic N) is 2. The van der Waals surface area contributed by atoms with Gasteiger partial charge in [-0.1, -0.05) is 0 Å². The number of rotatable bonds is 1. The van der Waals surface area contributed by atoms with Gasteiger partial charge in [-0.05, 0) is 17.7 Å². The molecule has 2 aromatic rings. The number of nitrogens with one attached hydrogen (secondary N) is 1. The highest BCUT2D eigenvalue weighted by Gasteiger charge is 2.12. The van der Waals surface area contributed by atoms with Crippen molar-refractivity contribution in [2.24, 2.45) is 0 Å². The van der Waals surface area contributed by atoms with Crippen molar-refractivity contribution in [3.05, 3.63) is 17.5 Å². The van der Waals surface area contributed by atoms with E-state index in [0.717, 1.165) is 6.20 Å². The molecule has 0 radical (unpaired) electrons. The molecule has 0 aliphatic carbocycles. The molecule has 0 unspecified atom stereocenters. The second-order valence-electron chi connectivity index (χ2n) is 2.51. The highest BCUT2D eigenvalue weighted by Crippen LogP contribution is 2.19. The summed E-state index contributed by atoms with van der Waals surface area (Å²) in [6, 6.07) is 1.32. The number of hydrogen-bond donors (Lipinski definition) is 1. The molecule has 0 bridgehead atoms. The third kappa shape index (κ3) is 1.68. The Morgan fingerprint density at radius 2 is 2.14 bits per heavy atom. The zero-order valence-corrected chi connectivity index (χ0v) is 8.86. The van der Waals surface area contributed by atoms with Gasteiger partial charge in [0.2, 0.25) is 5.28 Å². The highest BCUT2D eigenvalue weighted by atomic mass is 35.7. The van der Waals surface area contributed by atoms with Gasteiger partial charge in [0.1, 0.15) is 4.90 Å². The number of hydrogen-bond acceptors (Lipinski definition) is 4. The lowest BCUT2D eigenvalue weighted by Gasteiger charge is -1.93. The molecule has 0 saturated carbocycles. The average molecular weight is 252 g/mol. The zero-order chi connectivity index (χ0) is 10.3. The van der Waals surface area contributed by atoms with Crippen molar-refractivity contribution < 1.29 is 8.42 Å². The number of fused-ring (bicyclic) bond motifs is 1. The topological polar surface area (TPSA) is 75.7 Å². The molecular formula is C6H3Cl2N3O2S. The quantitative estimate of drug-likeness (QED) is 0.781. The maximum atomic E-state index is 10.9. The van der Waals surface area contributed by atoms with Crippen molar-refractivity contribution in [2.45, 2.75) is 4.90 Å². The van der Waals surface area contributed by atoms with Gasteiger partial charge in [0, 0.05) is 16.9 Å². The van der Waals surface area contributed by atoms with Crippen LogP contribution in [0.25, 0.3) is 11.2 Å². The molecule has 0 aliphatic rings. The van der Waals surface area contributed by atoms with Crippen molar-refractivity contribution >= 4 is 42.5 Å². The van der Waals surface area contributed by atoms with E-state index in [1.807, 2.05) is 0 Å². The molecule has 1 N–H and O–H groups in total. The van der Waals surface area contributed by atoms with Gasteiger partial charge < -0.3 is 4.98 Å². The summed E-state index contributed by atoms with van der Waals surface area (Å²) in [5, 5.41) is 0.150. The normalized spacial score (nSPS) is 12.1. The van der Waals surface area contributed by atoms with E-state index >= 15 is 0 Å². The maximum absolute atomic E-state index is 10.9. The summed E-state index contributed by atoms with van der Waals surface area (Å²) >= 11 is 5.56. The van der Waals surface area contributed by atoms with Gasteiger partial charge in [-0.25, -0.2) is 13.4 Å². The van der Waals surface area contributed by atoms with Gasteiger partial charge in [0.15, 0.2) is 5.65 Å². The smallest absolute Gasteiger partial charge is 0.262 e. The molecule has 0 saturated heterocycles. The van der Waals surface area contributed by atoms with E-state index in [-0.39, 0.29) is 10.2 Å². The van der Waals surface area contributed by atoms with Crippen molar-refractivity contribution in [3.8, 4) is 0 Å². The molecule has 2 heterocycles. The second-order valence-corrected chi connectivity index (χ2v) is 5.43.